The Morgan fingerprint density at radius 2 is 1.88 bits per heavy atom. The third kappa shape index (κ3) is 3.85. The maximum absolute atomic E-state index is 12.4. The van der Waals surface area contributed by atoms with Crippen LogP contribution in [-0.2, 0) is 6.18 Å². The van der Waals surface area contributed by atoms with Crippen molar-refractivity contribution in [2.24, 2.45) is 5.73 Å². The molecule has 92 valence electrons. The molecule has 0 amide bonds. The van der Waals surface area contributed by atoms with Crippen LogP contribution >= 0.6 is 24.0 Å². The molecule has 6 heteroatoms. The van der Waals surface area contributed by atoms with Crippen LogP contribution in [0.15, 0.2) is 18.2 Å². The summed E-state index contributed by atoms with van der Waals surface area (Å²) in [6.45, 7) is 1.80. The van der Waals surface area contributed by atoms with Gasteiger partial charge in [-0.3, -0.25) is 0 Å². The van der Waals surface area contributed by atoms with E-state index in [1.165, 1.54) is 6.07 Å². The molecule has 0 unspecified atom stereocenters. The second-order valence-corrected chi connectivity index (χ2v) is 3.72. The summed E-state index contributed by atoms with van der Waals surface area (Å²) < 4.78 is 37.2. The Kier molecular flexibility index (Phi) is 5.59. The lowest BCUT2D eigenvalue weighted by atomic mass is 10.0. The van der Waals surface area contributed by atoms with E-state index in [9.17, 15) is 13.2 Å². The van der Waals surface area contributed by atoms with Gasteiger partial charge in [0.2, 0.25) is 0 Å². The maximum atomic E-state index is 12.4. The van der Waals surface area contributed by atoms with Gasteiger partial charge in [-0.05, 0) is 30.2 Å². The highest BCUT2D eigenvalue weighted by Gasteiger charge is 2.31. The molecular formula is C10H12Cl2F3N. The van der Waals surface area contributed by atoms with E-state index >= 15 is 0 Å². The van der Waals surface area contributed by atoms with E-state index in [-0.39, 0.29) is 17.4 Å². The summed E-state index contributed by atoms with van der Waals surface area (Å²) in [6, 6.07) is 2.99. The number of hydrogen-bond acceptors (Lipinski definition) is 1. The third-order valence-electron chi connectivity index (χ3n) is 2.12. The van der Waals surface area contributed by atoms with Crippen LogP contribution in [0, 0.1) is 0 Å². The molecule has 0 spiro atoms. The Balaban J connectivity index is 0.00000225. The SMILES string of the molecule is CC[C@H](N)c1cc(Cl)cc(C(F)(F)F)c1.Cl. The monoisotopic (exact) mass is 273 g/mol. The summed E-state index contributed by atoms with van der Waals surface area (Å²) in [7, 11) is 0. The predicted octanol–water partition coefficient (Wildman–Crippen LogP) is 4.19. The fraction of sp³-hybridized carbons (Fsp3) is 0.400. The van der Waals surface area contributed by atoms with Gasteiger partial charge in [-0.25, -0.2) is 0 Å². The molecule has 0 aromatic heterocycles. The molecule has 0 radical (unpaired) electrons. The highest BCUT2D eigenvalue weighted by Crippen LogP contribution is 2.33. The molecule has 0 fully saturated rings. The van der Waals surface area contributed by atoms with Crippen molar-refractivity contribution in [2.75, 3.05) is 0 Å². The predicted molar refractivity (Wildman–Crippen MR) is 60.9 cm³/mol. The Hall–Kier alpha value is -0.450. The van der Waals surface area contributed by atoms with Gasteiger partial charge < -0.3 is 5.73 Å². The van der Waals surface area contributed by atoms with Crippen molar-refractivity contribution in [1.82, 2.24) is 0 Å². The summed E-state index contributed by atoms with van der Waals surface area (Å²) >= 11 is 5.60. The molecule has 0 aliphatic rings. The second kappa shape index (κ2) is 5.75. The normalized spacial score (nSPS) is 13.1. The first-order valence-electron chi connectivity index (χ1n) is 4.48. The summed E-state index contributed by atoms with van der Waals surface area (Å²) in [5.74, 6) is 0. The van der Waals surface area contributed by atoms with Crippen LogP contribution in [0.25, 0.3) is 0 Å². The average Bonchev–Trinajstić information content (AvgIpc) is 2.14. The molecule has 0 saturated heterocycles. The number of benzene rings is 1. The first kappa shape index (κ1) is 15.6. The molecular weight excluding hydrogens is 262 g/mol. The number of rotatable bonds is 2. The molecule has 0 aliphatic heterocycles. The van der Waals surface area contributed by atoms with Crippen molar-refractivity contribution in [3.05, 3.63) is 34.3 Å². The third-order valence-corrected chi connectivity index (χ3v) is 2.33. The minimum atomic E-state index is -4.38. The molecule has 1 aromatic carbocycles. The minimum Gasteiger partial charge on any atom is -0.324 e. The lowest BCUT2D eigenvalue weighted by Gasteiger charge is -2.13. The van der Waals surface area contributed by atoms with Crippen molar-refractivity contribution in [2.45, 2.75) is 25.6 Å². The highest BCUT2D eigenvalue weighted by molar-refractivity contribution is 6.30. The fourth-order valence-electron chi connectivity index (χ4n) is 1.23. The van der Waals surface area contributed by atoms with Crippen LogP contribution in [0.4, 0.5) is 13.2 Å². The molecule has 2 N–H and O–H groups in total. The number of hydrogen-bond donors (Lipinski definition) is 1. The Bertz CT molecular complexity index is 352. The number of nitrogens with two attached hydrogens (primary N) is 1. The van der Waals surface area contributed by atoms with Crippen molar-refractivity contribution in [1.29, 1.82) is 0 Å². The zero-order valence-electron chi connectivity index (χ0n) is 8.51. The van der Waals surface area contributed by atoms with Gasteiger partial charge in [-0.15, -0.1) is 12.4 Å². The lowest BCUT2D eigenvalue weighted by Crippen LogP contribution is -2.11. The van der Waals surface area contributed by atoms with E-state index < -0.39 is 17.8 Å². The van der Waals surface area contributed by atoms with Crippen molar-refractivity contribution in [3.63, 3.8) is 0 Å². The smallest absolute Gasteiger partial charge is 0.324 e. The van der Waals surface area contributed by atoms with E-state index in [1.54, 1.807) is 6.92 Å². The van der Waals surface area contributed by atoms with Gasteiger partial charge in [-0.1, -0.05) is 18.5 Å². The van der Waals surface area contributed by atoms with Crippen LogP contribution < -0.4 is 5.73 Å². The molecule has 0 aliphatic carbocycles. The van der Waals surface area contributed by atoms with Crippen molar-refractivity contribution in [3.8, 4) is 0 Å². The standard InChI is InChI=1S/C10H11ClF3N.ClH/c1-2-9(15)6-3-7(10(12,13)14)5-8(11)4-6;/h3-5,9H,2,15H2,1H3;1H/t9-;/m0./s1. The molecule has 0 saturated carbocycles. The largest absolute Gasteiger partial charge is 0.416 e. The Morgan fingerprint density at radius 1 is 1.31 bits per heavy atom. The van der Waals surface area contributed by atoms with Gasteiger partial charge in [0.05, 0.1) is 5.56 Å². The topological polar surface area (TPSA) is 26.0 Å². The van der Waals surface area contributed by atoms with E-state index in [0.717, 1.165) is 12.1 Å². The maximum Gasteiger partial charge on any atom is 0.416 e. The quantitative estimate of drug-likeness (QED) is 0.859. The fourth-order valence-corrected chi connectivity index (χ4v) is 1.47. The van der Waals surface area contributed by atoms with Crippen LogP contribution in [0.5, 0.6) is 0 Å². The van der Waals surface area contributed by atoms with Gasteiger partial charge in [0.1, 0.15) is 0 Å². The van der Waals surface area contributed by atoms with Crippen LogP contribution in [0.2, 0.25) is 5.02 Å². The zero-order chi connectivity index (χ0) is 11.6. The van der Waals surface area contributed by atoms with E-state index in [0.29, 0.717) is 12.0 Å². The molecule has 16 heavy (non-hydrogen) atoms. The first-order chi connectivity index (χ1) is 6.84. The van der Waals surface area contributed by atoms with Crippen molar-refractivity contribution >= 4 is 24.0 Å². The van der Waals surface area contributed by atoms with E-state index in [2.05, 4.69) is 0 Å². The lowest BCUT2D eigenvalue weighted by molar-refractivity contribution is -0.137. The summed E-state index contributed by atoms with van der Waals surface area (Å²) in [5.41, 5.74) is 5.31. The Labute approximate surface area is 103 Å². The van der Waals surface area contributed by atoms with Gasteiger partial charge in [0.25, 0.3) is 0 Å². The Morgan fingerprint density at radius 3 is 2.31 bits per heavy atom. The molecule has 0 heterocycles. The molecule has 0 bridgehead atoms. The van der Waals surface area contributed by atoms with Crippen LogP contribution in [0.1, 0.15) is 30.5 Å². The number of alkyl halides is 3. The van der Waals surface area contributed by atoms with E-state index in [1.807, 2.05) is 0 Å². The highest BCUT2D eigenvalue weighted by atomic mass is 35.5. The average molecular weight is 274 g/mol. The van der Waals surface area contributed by atoms with Gasteiger partial charge >= 0.3 is 6.18 Å². The summed E-state index contributed by atoms with van der Waals surface area (Å²) in [4.78, 5) is 0. The summed E-state index contributed by atoms with van der Waals surface area (Å²) in [6.07, 6.45) is -3.81. The minimum absolute atomic E-state index is 0. The molecule has 1 nitrogen and oxygen atoms in total. The zero-order valence-corrected chi connectivity index (χ0v) is 10.1. The van der Waals surface area contributed by atoms with E-state index in [4.69, 9.17) is 17.3 Å². The van der Waals surface area contributed by atoms with Gasteiger partial charge in [0, 0.05) is 11.1 Å². The van der Waals surface area contributed by atoms with Crippen LogP contribution in [0.3, 0.4) is 0 Å². The van der Waals surface area contributed by atoms with Crippen molar-refractivity contribution < 1.29 is 13.2 Å². The molecule has 1 rings (SSSR count). The second-order valence-electron chi connectivity index (χ2n) is 3.29. The molecule has 1 aromatic rings. The van der Waals surface area contributed by atoms with Crippen LogP contribution in [-0.4, -0.2) is 0 Å². The van der Waals surface area contributed by atoms with Gasteiger partial charge in [-0.2, -0.15) is 13.2 Å². The molecule has 1 atom stereocenters. The first-order valence-corrected chi connectivity index (χ1v) is 4.85. The summed E-state index contributed by atoms with van der Waals surface area (Å²) in [5, 5.41) is 0.0590. The number of halogens is 5. The van der Waals surface area contributed by atoms with Gasteiger partial charge in [0.15, 0.2) is 0 Å².